The largest absolute Gasteiger partial charge is 0.454 e. The van der Waals surface area contributed by atoms with Gasteiger partial charge in [0.1, 0.15) is 0 Å². The van der Waals surface area contributed by atoms with Crippen molar-refractivity contribution in [2.45, 2.75) is 33.1 Å². The highest BCUT2D eigenvalue weighted by Gasteiger charge is 2.49. The summed E-state index contributed by atoms with van der Waals surface area (Å²) in [6, 6.07) is 18.8. The molecule has 4 aromatic rings. The second kappa shape index (κ2) is 11.7. The Balaban J connectivity index is 1.30. The summed E-state index contributed by atoms with van der Waals surface area (Å²) in [6.45, 7) is 3.60. The Kier molecular flexibility index (Phi) is 7.92. The lowest BCUT2D eigenvalue weighted by Gasteiger charge is -2.25. The van der Waals surface area contributed by atoms with Crippen molar-refractivity contribution in [1.29, 1.82) is 0 Å². The maximum atomic E-state index is 13.4. The molecule has 2 fully saturated rings. The molecule has 2 aliphatic rings. The molecule has 0 spiro atoms. The topological polar surface area (TPSA) is 93.6 Å². The number of esters is 1. The number of ether oxygens (including phenoxy) is 1. The molecule has 2 amide bonds. The average Bonchev–Trinajstić information content (AvgIpc) is 3.24. The van der Waals surface area contributed by atoms with Gasteiger partial charge in [0.2, 0.25) is 11.8 Å². The lowest BCUT2D eigenvalue weighted by atomic mass is 9.76. The van der Waals surface area contributed by atoms with E-state index in [-0.39, 0.29) is 35.0 Å². The number of Topliss-reactive ketones (excluding diaryl/α,β-unsaturated/α-hetero) is 1. The number of ketones is 1. The summed E-state index contributed by atoms with van der Waals surface area (Å²) >= 11 is 9.42. The van der Waals surface area contributed by atoms with E-state index in [4.69, 9.17) is 21.3 Å². The molecule has 1 aliphatic heterocycles. The summed E-state index contributed by atoms with van der Waals surface area (Å²) in [5.41, 5.74) is 3.86. The molecule has 2 heterocycles. The SMILES string of the molecule is Cc1cc(Br)cc2c(C(=O)OCC(=O)c3ccc(Cl)cc3)cc(-c3ccc(N4C(=O)C5CCC(C)CC5C4=O)cc3)nc12. The third-order valence-corrected chi connectivity index (χ3v) is 9.11. The van der Waals surface area contributed by atoms with Gasteiger partial charge in [-0.15, -0.1) is 0 Å². The first-order valence-electron chi connectivity index (χ1n) is 14.2. The number of hydrogen-bond donors (Lipinski definition) is 0. The molecule has 218 valence electrons. The summed E-state index contributed by atoms with van der Waals surface area (Å²) in [5, 5.41) is 1.09. The minimum atomic E-state index is -0.657. The fraction of sp³-hybridized carbons (Fsp3) is 0.265. The molecule has 7 nitrogen and oxygen atoms in total. The molecule has 0 N–H and O–H groups in total. The first-order valence-corrected chi connectivity index (χ1v) is 15.3. The van der Waals surface area contributed by atoms with E-state index < -0.39 is 12.6 Å². The van der Waals surface area contributed by atoms with Crippen LogP contribution in [0.1, 0.15) is 52.5 Å². The van der Waals surface area contributed by atoms with Crippen LogP contribution in [-0.4, -0.2) is 35.2 Å². The molecule has 3 atom stereocenters. The lowest BCUT2D eigenvalue weighted by Crippen LogP contribution is -2.30. The zero-order chi connectivity index (χ0) is 30.4. The van der Waals surface area contributed by atoms with E-state index in [0.29, 0.717) is 44.4 Å². The van der Waals surface area contributed by atoms with Crippen LogP contribution in [0.2, 0.25) is 5.02 Å². The van der Waals surface area contributed by atoms with Gasteiger partial charge in [0, 0.05) is 26.0 Å². The number of aromatic nitrogens is 1. The summed E-state index contributed by atoms with van der Waals surface area (Å²) < 4.78 is 6.25. The van der Waals surface area contributed by atoms with Gasteiger partial charge < -0.3 is 4.74 Å². The fourth-order valence-electron chi connectivity index (χ4n) is 6.13. The van der Waals surface area contributed by atoms with Crippen LogP contribution in [0.5, 0.6) is 0 Å². The molecule has 1 aromatic heterocycles. The standard InChI is InChI=1S/C34H28BrClN2O5/c1-18-3-12-25-27(13-18)33(41)38(32(25)40)24-10-6-20(7-11-24)29-16-28(26-15-22(35)14-19(2)31(26)37-29)34(42)43-17-30(39)21-4-8-23(36)9-5-21/h4-11,14-16,18,25,27H,3,12-13,17H2,1-2H3. The summed E-state index contributed by atoms with van der Waals surface area (Å²) in [7, 11) is 0. The molecule has 0 radical (unpaired) electrons. The number of amides is 2. The van der Waals surface area contributed by atoms with Crippen LogP contribution in [0.15, 0.2) is 71.2 Å². The van der Waals surface area contributed by atoms with Gasteiger partial charge in [-0.25, -0.2) is 9.78 Å². The number of imide groups is 1. The van der Waals surface area contributed by atoms with Crippen molar-refractivity contribution in [3.63, 3.8) is 0 Å². The maximum absolute atomic E-state index is 13.4. The number of aryl methyl sites for hydroxylation is 1. The molecule has 3 aromatic carbocycles. The highest BCUT2D eigenvalue weighted by molar-refractivity contribution is 9.10. The molecular weight excluding hydrogens is 632 g/mol. The van der Waals surface area contributed by atoms with Gasteiger partial charge in [-0.2, -0.15) is 0 Å². The normalized spacial score (nSPS) is 19.9. The number of halogens is 2. The summed E-state index contributed by atoms with van der Waals surface area (Å²) in [6.07, 6.45) is 2.44. The van der Waals surface area contributed by atoms with Crippen molar-refractivity contribution in [2.24, 2.45) is 17.8 Å². The van der Waals surface area contributed by atoms with Gasteiger partial charge in [0.25, 0.3) is 0 Å². The van der Waals surface area contributed by atoms with Crippen LogP contribution in [0.25, 0.3) is 22.2 Å². The number of anilines is 1. The zero-order valence-electron chi connectivity index (χ0n) is 23.6. The zero-order valence-corrected chi connectivity index (χ0v) is 25.9. The molecule has 1 saturated carbocycles. The molecule has 6 rings (SSSR count). The van der Waals surface area contributed by atoms with Gasteiger partial charge in [0.15, 0.2) is 12.4 Å². The second-order valence-electron chi connectivity index (χ2n) is 11.4. The first kappa shape index (κ1) is 29.2. The number of rotatable bonds is 6. The molecule has 1 aliphatic carbocycles. The molecule has 43 heavy (non-hydrogen) atoms. The van der Waals surface area contributed by atoms with E-state index in [2.05, 4.69) is 22.9 Å². The van der Waals surface area contributed by atoms with Crippen molar-refractivity contribution in [3.8, 4) is 11.3 Å². The second-order valence-corrected chi connectivity index (χ2v) is 12.7. The van der Waals surface area contributed by atoms with Crippen LogP contribution in [0.3, 0.4) is 0 Å². The maximum Gasteiger partial charge on any atom is 0.339 e. The Hall–Kier alpha value is -3.88. The smallest absolute Gasteiger partial charge is 0.339 e. The van der Waals surface area contributed by atoms with Gasteiger partial charge in [-0.05, 0) is 92.3 Å². The minimum absolute atomic E-state index is 0.127. The number of fused-ring (bicyclic) bond motifs is 2. The van der Waals surface area contributed by atoms with Crippen LogP contribution in [0, 0.1) is 24.7 Å². The van der Waals surface area contributed by atoms with Crippen molar-refractivity contribution in [2.75, 3.05) is 11.5 Å². The van der Waals surface area contributed by atoms with E-state index in [1.807, 2.05) is 13.0 Å². The molecule has 0 bridgehead atoms. The van der Waals surface area contributed by atoms with E-state index in [1.165, 1.54) is 4.90 Å². The molecule has 9 heteroatoms. The third-order valence-electron chi connectivity index (χ3n) is 8.40. The Bertz CT molecular complexity index is 1790. The molecule has 1 saturated heterocycles. The van der Waals surface area contributed by atoms with E-state index in [1.54, 1.807) is 60.7 Å². The number of pyridine rings is 1. The van der Waals surface area contributed by atoms with Crippen molar-refractivity contribution < 1.29 is 23.9 Å². The van der Waals surface area contributed by atoms with Crippen LogP contribution in [0.4, 0.5) is 5.69 Å². The highest BCUT2D eigenvalue weighted by atomic mass is 79.9. The van der Waals surface area contributed by atoms with E-state index in [9.17, 15) is 19.2 Å². The number of carbonyl (C=O) groups excluding carboxylic acids is 4. The molecular formula is C34H28BrClN2O5. The van der Waals surface area contributed by atoms with Gasteiger partial charge in [-0.3, -0.25) is 19.3 Å². The Morgan fingerprint density at radius 1 is 0.977 bits per heavy atom. The number of carbonyl (C=O) groups is 4. The highest BCUT2D eigenvalue weighted by Crippen LogP contribution is 2.42. The number of hydrogen-bond acceptors (Lipinski definition) is 6. The summed E-state index contributed by atoms with van der Waals surface area (Å²) in [4.78, 5) is 58.6. The van der Waals surface area contributed by atoms with Crippen LogP contribution in [-0.2, 0) is 14.3 Å². The van der Waals surface area contributed by atoms with Gasteiger partial charge >= 0.3 is 5.97 Å². The first-order chi connectivity index (χ1) is 20.6. The predicted molar refractivity (Wildman–Crippen MR) is 168 cm³/mol. The van der Waals surface area contributed by atoms with Gasteiger partial charge in [-0.1, -0.05) is 46.6 Å². The van der Waals surface area contributed by atoms with Crippen molar-refractivity contribution in [1.82, 2.24) is 4.98 Å². The monoisotopic (exact) mass is 658 g/mol. The van der Waals surface area contributed by atoms with Crippen molar-refractivity contribution in [3.05, 3.63) is 92.9 Å². The van der Waals surface area contributed by atoms with E-state index >= 15 is 0 Å². The summed E-state index contributed by atoms with van der Waals surface area (Å²) in [5.74, 6) is -1.32. The fourth-order valence-corrected chi connectivity index (χ4v) is 6.82. The van der Waals surface area contributed by atoms with Crippen molar-refractivity contribution >= 4 is 67.7 Å². The predicted octanol–water partition coefficient (Wildman–Crippen LogP) is 7.59. The minimum Gasteiger partial charge on any atom is -0.454 e. The quantitative estimate of drug-likeness (QED) is 0.120. The Morgan fingerprint density at radius 2 is 1.67 bits per heavy atom. The third kappa shape index (κ3) is 5.61. The van der Waals surface area contributed by atoms with Crippen LogP contribution >= 0.6 is 27.5 Å². The number of nitrogens with zero attached hydrogens (tertiary/aromatic N) is 2. The van der Waals surface area contributed by atoms with Gasteiger partial charge in [0.05, 0.1) is 34.3 Å². The Morgan fingerprint density at radius 3 is 2.40 bits per heavy atom. The lowest BCUT2D eigenvalue weighted by molar-refractivity contribution is -0.122. The Labute approximate surface area is 262 Å². The van der Waals surface area contributed by atoms with Crippen LogP contribution < -0.4 is 4.90 Å². The van der Waals surface area contributed by atoms with E-state index in [0.717, 1.165) is 29.3 Å². The average molecular weight is 660 g/mol. The molecule has 3 unspecified atom stereocenters. The number of benzene rings is 3.